The monoisotopic (exact) mass is 291 g/mol. The molecule has 0 aliphatic carbocycles. The van der Waals surface area contributed by atoms with E-state index in [0.717, 1.165) is 0 Å². The highest BCUT2D eigenvalue weighted by molar-refractivity contribution is 5.70. The van der Waals surface area contributed by atoms with Gasteiger partial charge in [-0.2, -0.15) is 0 Å². The Morgan fingerprint density at radius 2 is 1.90 bits per heavy atom. The number of hydrogen-bond donors (Lipinski definition) is 1. The van der Waals surface area contributed by atoms with Crippen LogP contribution in [0.25, 0.3) is 0 Å². The number of methoxy groups -OCH3 is 1. The fourth-order valence-corrected chi connectivity index (χ4v) is 1.71. The zero-order valence-corrected chi connectivity index (χ0v) is 11.2. The van der Waals surface area contributed by atoms with Crippen LogP contribution in [-0.2, 0) is 9.53 Å². The first-order valence-electron chi connectivity index (χ1n) is 6.01. The van der Waals surface area contributed by atoms with E-state index >= 15 is 0 Å². The highest BCUT2D eigenvalue weighted by atomic mass is 19.4. The second kappa shape index (κ2) is 7.14. The molecule has 0 spiro atoms. The summed E-state index contributed by atoms with van der Waals surface area (Å²) >= 11 is 0. The van der Waals surface area contributed by atoms with E-state index in [-0.39, 0.29) is 18.2 Å². The molecule has 0 fully saturated rings. The lowest BCUT2D eigenvalue weighted by molar-refractivity contribution is -0.274. The number of esters is 1. The number of nitrogens with one attached hydrogen (secondary N) is 1. The Morgan fingerprint density at radius 3 is 2.35 bits per heavy atom. The Labute approximate surface area is 114 Å². The van der Waals surface area contributed by atoms with Crippen molar-refractivity contribution in [1.82, 2.24) is 5.32 Å². The third kappa shape index (κ3) is 5.48. The van der Waals surface area contributed by atoms with E-state index in [1.807, 2.05) is 6.92 Å². The first-order chi connectivity index (χ1) is 9.35. The molecule has 0 aliphatic rings. The van der Waals surface area contributed by atoms with Gasteiger partial charge in [0.05, 0.1) is 13.5 Å². The van der Waals surface area contributed by atoms with Crippen LogP contribution >= 0.6 is 0 Å². The Kier molecular flexibility index (Phi) is 5.82. The van der Waals surface area contributed by atoms with Crippen molar-refractivity contribution in [2.45, 2.75) is 25.7 Å². The number of rotatable bonds is 6. The molecule has 112 valence electrons. The van der Waals surface area contributed by atoms with E-state index in [4.69, 9.17) is 0 Å². The van der Waals surface area contributed by atoms with Gasteiger partial charge < -0.3 is 14.8 Å². The van der Waals surface area contributed by atoms with E-state index in [1.165, 1.54) is 31.4 Å². The average molecular weight is 291 g/mol. The van der Waals surface area contributed by atoms with Crippen LogP contribution in [0.1, 0.15) is 24.9 Å². The van der Waals surface area contributed by atoms with Gasteiger partial charge in [0, 0.05) is 6.04 Å². The van der Waals surface area contributed by atoms with Crippen molar-refractivity contribution in [3.63, 3.8) is 0 Å². The van der Waals surface area contributed by atoms with E-state index < -0.39 is 12.3 Å². The third-order valence-electron chi connectivity index (χ3n) is 2.57. The molecule has 1 aromatic carbocycles. The van der Waals surface area contributed by atoms with Gasteiger partial charge in [-0.15, -0.1) is 13.2 Å². The highest BCUT2D eigenvalue weighted by Crippen LogP contribution is 2.25. The van der Waals surface area contributed by atoms with Crippen molar-refractivity contribution in [2.75, 3.05) is 13.7 Å². The smallest absolute Gasteiger partial charge is 0.469 e. The van der Waals surface area contributed by atoms with Crippen LogP contribution in [0.3, 0.4) is 0 Å². The number of ether oxygens (including phenoxy) is 2. The van der Waals surface area contributed by atoms with Gasteiger partial charge in [0.2, 0.25) is 0 Å². The van der Waals surface area contributed by atoms with E-state index in [2.05, 4.69) is 14.8 Å². The number of carbonyl (C=O) groups is 1. The summed E-state index contributed by atoms with van der Waals surface area (Å²) in [6.45, 7) is 2.48. The molecule has 1 rings (SSSR count). The van der Waals surface area contributed by atoms with Gasteiger partial charge in [-0.25, -0.2) is 0 Å². The van der Waals surface area contributed by atoms with Gasteiger partial charge >= 0.3 is 12.3 Å². The van der Waals surface area contributed by atoms with Crippen molar-refractivity contribution >= 4 is 5.97 Å². The van der Waals surface area contributed by atoms with Gasteiger partial charge in [-0.05, 0) is 24.2 Å². The standard InChI is InChI=1S/C13H16F3NO3/c1-3-17-11(8-12(18)19-2)9-4-6-10(7-5-9)20-13(14,15)16/h4-7,11,17H,3,8H2,1-2H3. The largest absolute Gasteiger partial charge is 0.573 e. The molecule has 0 aliphatic heterocycles. The van der Waals surface area contributed by atoms with E-state index in [0.29, 0.717) is 12.1 Å². The molecule has 0 aromatic heterocycles. The van der Waals surface area contributed by atoms with Crippen molar-refractivity contribution in [3.05, 3.63) is 29.8 Å². The first-order valence-corrected chi connectivity index (χ1v) is 6.01. The Balaban J connectivity index is 2.79. The van der Waals surface area contributed by atoms with Crippen LogP contribution in [-0.4, -0.2) is 26.0 Å². The summed E-state index contributed by atoms with van der Waals surface area (Å²) in [7, 11) is 1.28. The lowest BCUT2D eigenvalue weighted by atomic mass is 10.0. The van der Waals surface area contributed by atoms with Gasteiger partial charge in [-0.3, -0.25) is 4.79 Å². The summed E-state index contributed by atoms with van der Waals surface area (Å²) in [4.78, 5) is 11.3. The summed E-state index contributed by atoms with van der Waals surface area (Å²) < 4.78 is 44.5. The molecule has 0 heterocycles. The number of alkyl halides is 3. The summed E-state index contributed by atoms with van der Waals surface area (Å²) in [6, 6.07) is 5.08. The van der Waals surface area contributed by atoms with Crippen LogP contribution in [0.4, 0.5) is 13.2 Å². The SMILES string of the molecule is CCNC(CC(=O)OC)c1ccc(OC(F)(F)F)cc1. The van der Waals surface area contributed by atoms with Gasteiger partial charge in [0.1, 0.15) is 5.75 Å². The highest BCUT2D eigenvalue weighted by Gasteiger charge is 2.31. The van der Waals surface area contributed by atoms with Crippen molar-refractivity contribution in [2.24, 2.45) is 0 Å². The molecule has 0 saturated carbocycles. The lowest BCUT2D eigenvalue weighted by Crippen LogP contribution is -2.24. The predicted octanol–water partition coefficient (Wildman–Crippen LogP) is 2.80. The quantitative estimate of drug-likeness (QED) is 0.819. The molecular formula is C13H16F3NO3. The first kappa shape index (κ1) is 16.3. The minimum absolute atomic E-state index is 0.101. The zero-order chi connectivity index (χ0) is 15.2. The van der Waals surface area contributed by atoms with Crippen LogP contribution in [0.15, 0.2) is 24.3 Å². The fourth-order valence-electron chi connectivity index (χ4n) is 1.71. The second-order valence-corrected chi connectivity index (χ2v) is 4.01. The Bertz CT molecular complexity index is 431. The molecule has 20 heavy (non-hydrogen) atoms. The number of carbonyl (C=O) groups excluding carboxylic acids is 1. The topological polar surface area (TPSA) is 47.6 Å². The molecule has 1 unspecified atom stereocenters. The van der Waals surface area contributed by atoms with Crippen LogP contribution in [0, 0.1) is 0 Å². The van der Waals surface area contributed by atoms with Crippen LogP contribution in [0.5, 0.6) is 5.75 Å². The minimum atomic E-state index is -4.71. The summed E-state index contributed by atoms with van der Waals surface area (Å²) in [5, 5.41) is 3.07. The van der Waals surface area contributed by atoms with Gasteiger partial charge in [0.25, 0.3) is 0 Å². The normalized spacial score (nSPS) is 12.8. The molecule has 7 heteroatoms. The van der Waals surface area contributed by atoms with Crippen molar-refractivity contribution < 1.29 is 27.4 Å². The number of benzene rings is 1. The van der Waals surface area contributed by atoms with E-state index in [9.17, 15) is 18.0 Å². The minimum Gasteiger partial charge on any atom is -0.469 e. The molecule has 4 nitrogen and oxygen atoms in total. The van der Waals surface area contributed by atoms with Crippen LogP contribution in [0.2, 0.25) is 0 Å². The molecule has 1 atom stereocenters. The maximum Gasteiger partial charge on any atom is 0.573 e. The second-order valence-electron chi connectivity index (χ2n) is 4.01. The van der Waals surface area contributed by atoms with Gasteiger partial charge in [0.15, 0.2) is 0 Å². The molecule has 1 aromatic rings. The molecule has 0 saturated heterocycles. The number of hydrogen-bond acceptors (Lipinski definition) is 4. The van der Waals surface area contributed by atoms with E-state index in [1.54, 1.807) is 0 Å². The number of halogens is 3. The molecule has 0 amide bonds. The molecule has 0 bridgehead atoms. The Hall–Kier alpha value is -1.76. The molecule has 1 N–H and O–H groups in total. The zero-order valence-electron chi connectivity index (χ0n) is 11.2. The Morgan fingerprint density at radius 1 is 1.30 bits per heavy atom. The molecular weight excluding hydrogens is 275 g/mol. The maximum atomic E-state index is 12.0. The maximum absolute atomic E-state index is 12.0. The summed E-state index contributed by atoms with van der Waals surface area (Å²) in [6.07, 6.45) is -4.61. The predicted molar refractivity (Wildman–Crippen MR) is 66.2 cm³/mol. The summed E-state index contributed by atoms with van der Waals surface area (Å²) in [5.41, 5.74) is 0.687. The van der Waals surface area contributed by atoms with Gasteiger partial charge in [-0.1, -0.05) is 19.1 Å². The van der Waals surface area contributed by atoms with Crippen LogP contribution < -0.4 is 10.1 Å². The van der Waals surface area contributed by atoms with Crippen molar-refractivity contribution in [3.8, 4) is 5.75 Å². The third-order valence-corrected chi connectivity index (χ3v) is 2.57. The summed E-state index contributed by atoms with van der Waals surface area (Å²) in [5.74, 6) is -0.693. The lowest BCUT2D eigenvalue weighted by Gasteiger charge is -2.17. The molecule has 0 radical (unpaired) electrons. The fraction of sp³-hybridized carbons (Fsp3) is 0.462. The van der Waals surface area contributed by atoms with Crippen molar-refractivity contribution in [1.29, 1.82) is 0 Å². The average Bonchev–Trinajstić information content (AvgIpc) is 2.37.